The zero-order valence-electron chi connectivity index (χ0n) is 14.7. The van der Waals surface area contributed by atoms with Crippen LogP contribution in [0.5, 0.6) is 0 Å². The molecule has 1 amide bonds. The smallest absolute Gasteiger partial charge is 0.234 e. The maximum Gasteiger partial charge on any atom is 0.234 e. The molecular formula is C17H25N5O3. The Bertz CT molecular complexity index is 670. The van der Waals surface area contributed by atoms with Crippen LogP contribution in [0.25, 0.3) is 0 Å². The molecule has 25 heavy (non-hydrogen) atoms. The van der Waals surface area contributed by atoms with Crippen molar-refractivity contribution in [3.05, 3.63) is 35.9 Å². The first-order valence-corrected chi connectivity index (χ1v) is 8.68. The number of carbonyl (C=O) groups excluding carboxylic acids is 1. The average Bonchev–Trinajstić information content (AvgIpc) is 3.25. The van der Waals surface area contributed by atoms with Crippen molar-refractivity contribution >= 4 is 5.91 Å². The van der Waals surface area contributed by atoms with Gasteiger partial charge in [-0.25, -0.2) is 0 Å². The van der Waals surface area contributed by atoms with Gasteiger partial charge in [0, 0.05) is 19.5 Å². The van der Waals surface area contributed by atoms with E-state index in [2.05, 4.69) is 25.7 Å². The van der Waals surface area contributed by atoms with Gasteiger partial charge in [0.2, 0.25) is 11.8 Å². The Morgan fingerprint density at radius 1 is 1.52 bits per heavy atom. The normalized spacial score (nSPS) is 19.7. The highest BCUT2D eigenvalue weighted by molar-refractivity contribution is 5.78. The van der Waals surface area contributed by atoms with Crippen LogP contribution in [0.4, 0.5) is 0 Å². The Morgan fingerprint density at radius 3 is 3.12 bits per heavy atom. The van der Waals surface area contributed by atoms with Crippen molar-refractivity contribution < 1.29 is 13.7 Å². The second-order valence-corrected chi connectivity index (χ2v) is 6.49. The summed E-state index contributed by atoms with van der Waals surface area (Å²) in [6, 6.07) is 3.83. The molecule has 3 heterocycles. The summed E-state index contributed by atoms with van der Waals surface area (Å²) < 4.78 is 10.3. The average molecular weight is 347 g/mol. The summed E-state index contributed by atoms with van der Waals surface area (Å²) in [5.41, 5.74) is 0. The van der Waals surface area contributed by atoms with Gasteiger partial charge in [-0.15, -0.1) is 0 Å². The second kappa shape index (κ2) is 8.26. The molecule has 2 aromatic rings. The van der Waals surface area contributed by atoms with E-state index in [4.69, 9.17) is 8.94 Å². The molecule has 0 aliphatic carbocycles. The van der Waals surface area contributed by atoms with E-state index >= 15 is 0 Å². The molecule has 2 atom stereocenters. The fraction of sp³-hybridized carbons (Fsp3) is 0.588. The van der Waals surface area contributed by atoms with Crippen LogP contribution in [-0.2, 0) is 11.3 Å². The van der Waals surface area contributed by atoms with E-state index in [1.54, 1.807) is 13.2 Å². The monoisotopic (exact) mass is 347 g/mol. The van der Waals surface area contributed by atoms with Gasteiger partial charge in [0.15, 0.2) is 5.82 Å². The number of hydrogen-bond acceptors (Lipinski definition) is 7. The molecule has 1 aliphatic rings. The van der Waals surface area contributed by atoms with Crippen molar-refractivity contribution in [2.75, 3.05) is 19.6 Å². The second-order valence-electron chi connectivity index (χ2n) is 6.49. The van der Waals surface area contributed by atoms with Crippen LogP contribution in [0.3, 0.4) is 0 Å². The predicted molar refractivity (Wildman–Crippen MR) is 90.6 cm³/mol. The summed E-state index contributed by atoms with van der Waals surface area (Å²) in [5, 5.41) is 10.2. The van der Waals surface area contributed by atoms with Crippen LogP contribution in [0, 0.1) is 6.92 Å². The number of aromatic nitrogens is 2. The molecule has 1 aliphatic heterocycles. The zero-order valence-corrected chi connectivity index (χ0v) is 14.7. The molecule has 1 saturated heterocycles. The molecule has 0 aromatic carbocycles. The molecule has 8 heteroatoms. The summed E-state index contributed by atoms with van der Waals surface area (Å²) in [4.78, 5) is 18.6. The van der Waals surface area contributed by atoms with E-state index in [1.165, 1.54) is 0 Å². The van der Waals surface area contributed by atoms with Gasteiger partial charge < -0.3 is 19.6 Å². The lowest BCUT2D eigenvalue weighted by atomic mass is 10.1. The lowest BCUT2D eigenvalue weighted by Gasteiger charge is -2.32. The van der Waals surface area contributed by atoms with Gasteiger partial charge in [-0.05, 0) is 38.4 Å². The van der Waals surface area contributed by atoms with Crippen molar-refractivity contribution in [1.82, 2.24) is 25.7 Å². The van der Waals surface area contributed by atoms with Gasteiger partial charge in [0.1, 0.15) is 5.76 Å². The zero-order chi connectivity index (χ0) is 17.6. The number of likely N-dealkylation sites (tertiary alicyclic amines) is 1. The minimum Gasteiger partial charge on any atom is -0.467 e. The SMILES string of the molecule is Cc1nc(CN2CCCC(NCC(=O)NC(C)c3ccco3)C2)no1. The third kappa shape index (κ3) is 5.14. The molecule has 8 nitrogen and oxygen atoms in total. The van der Waals surface area contributed by atoms with Gasteiger partial charge in [-0.3, -0.25) is 9.69 Å². The number of aryl methyl sites for hydroxylation is 1. The van der Waals surface area contributed by atoms with E-state index in [9.17, 15) is 4.79 Å². The molecule has 2 unspecified atom stereocenters. The molecule has 0 saturated carbocycles. The summed E-state index contributed by atoms with van der Waals surface area (Å²) in [6.07, 6.45) is 3.75. The molecular weight excluding hydrogens is 322 g/mol. The van der Waals surface area contributed by atoms with Crippen molar-refractivity contribution in [2.24, 2.45) is 0 Å². The van der Waals surface area contributed by atoms with E-state index in [1.807, 2.05) is 19.1 Å². The molecule has 0 bridgehead atoms. The minimum absolute atomic E-state index is 0.0326. The van der Waals surface area contributed by atoms with Crippen LogP contribution >= 0.6 is 0 Å². The third-order valence-electron chi connectivity index (χ3n) is 4.34. The standard InChI is InChI=1S/C17H25N5O3/c1-12(15-6-4-8-24-15)19-17(23)9-18-14-5-3-7-22(10-14)11-16-20-13(2)25-21-16/h4,6,8,12,14,18H,3,5,7,9-11H2,1-2H3,(H,19,23). The summed E-state index contributed by atoms with van der Waals surface area (Å²) in [6.45, 7) is 6.55. The van der Waals surface area contributed by atoms with Crippen molar-refractivity contribution in [3.63, 3.8) is 0 Å². The van der Waals surface area contributed by atoms with Crippen LogP contribution < -0.4 is 10.6 Å². The number of amides is 1. The number of furan rings is 1. The molecule has 0 spiro atoms. The van der Waals surface area contributed by atoms with Gasteiger partial charge >= 0.3 is 0 Å². The van der Waals surface area contributed by atoms with Crippen LogP contribution in [0.1, 0.15) is 43.3 Å². The largest absolute Gasteiger partial charge is 0.467 e. The Labute approximate surface area is 146 Å². The van der Waals surface area contributed by atoms with Gasteiger partial charge in [0.05, 0.1) is 25.4 Å². The van der Waals surface area contributed by atoms with Crippen molar-refractivity contribution in [3.8, 4) is 0 Å². The Morgan fingerprint density at radius 2 is 2.40 bits per heavy atom. The lowest BCUT2D eigenvalue weighted by Crippen LogP contribution is -2.48. The van der Waals surface area contributed by atoms with Crippen LogP contribution in [-0.4, -0.2) is 46.6 Å². The maximum atomic E-state index is 12.1. The van der Waals surface area contributed by atoms with Gasteiger partial charge in [-0.2, -0.15) is 4.98 Å². The summed E-state index contributed by atoms with van der Waals surface area (Å²) in [7, 11) is 0. The Kier molecular flexibility index (Phi) is 5.83. The molecule has 136 valence electrons. The van der Waals surface area contributed by atoms with Gasteiger partial charge in [-0.1, -0.05) is 5.16 Å². The number of carbonyl (C=O) groups is 1. The first-order chi connectivity index (χ1) is 12.1. The van der Waals surface area contributed by atoms with E-state index < -0.39 is 0 Å². The third-order valence-corrected chi connectivity index (χ3v) is 4.34. The maximum absolute atomic E-state index is 12.1. The number of nitrogens with zero attached hydrogens (tertiary/aromatic N) is 3. The van der Waals surface area contributed by atoms with Gasteiger partial charge in [0.25, 0.3) is 0 Å². The Balaban J connectivity index is 1.40. The lowest BCUT2D eigenvalue weighted by molar-refractivity contribution is -0.121. The van der Waals surface area contributed by atoms with Crippen molar-refractivity contribution in [1.29, 1.82) is 0 Å². The molecule has 2 N–H and O–H groups in total. The van der Waals surface area contributed by atoms with E-state index in [0.717, 1.165) is 31.7 Å². The molecule has 3 rings (SSSR count). The predicted octanol–water partition coefficient (Wildman–Crippen LogP) is 1.40. The van der Waals surface area contributed by atoms with Crippen LogP contribution in [0.2, 0.25) is 0 Å². The highest BCUT2D eigenvalue weighted by atomic mass is 16.5. The van der Waals surface area contributed by atoms with Crippen molar-refractivity contribution in [2.45, 2.75) is 45.3 Å². The summed E-state index contributed by atoms with van der Waals surface area (Å²) >= 11 is 0. The number of nitrogens with one attached hydrogen (secondary N) is 2. The van der Waals surface area contributed by atoms with E-state index in [-0.39, 0.29) is 18.0 Å². The molecule has 0 radical (unpaired) electrons. The molecule has 1 fully saturated rings. The highest BCUT2D eigenvalue weighted by Crippen LogP contribution is 2.13. The summed E-state index contributed by atoms with van der Waals surface area (Å²) in [5.74, 6) is 2.02. The van der Waals surface area contributed by atoms with Crippen LogP contribution in [0.15, 0.2) is 27.3 Å². The van der Waals surface area contributed by atoms with E-state index in [0.29, 0.717) is 24.8 Å². The number of piperidine rings is 1. The number of rotatable bonds is 7. The quantitative estimate of drug-likeness (QED) is 0.781. The fourth-order valence-corrected chi connectivity index (χ4v) is 3.11. The highest BCUT2D eigenvalue weighted by Gasteiger charge is 2.22. The topological polar surface area (TPSA) is 96.4 Å². The fourth-order valence-electron chi connectivity index (χ4n) is 3.11. The first kappa shape index (κ1) is 17.6. The first-order valence-electron chi connectivity index (χ1n) is 8.68. The molecule has 2 aromatic heterocycles. The number of hydrogen-bond donors (Lipinski definition) is 2. The Hall–Kier alpha value is -2.19. The minimum atomic E-state index is -0.131.